The number of hydrogen-bond acceptors (Lipinski definition) is 3. The molecule has 1 aromatic carbocycles. The van der Waals surface area contributed by atoms with Gasteiger partial charge in [-0.05, 0) is 42.7 Å². The Morgan fingerprint density at radius 2 is 2.13 bits per heavy atom. The second-order valence-corrected chi connectivity index (χ2v) is 7.31. The molecule has 0 radical (unpaired) electrons. The van der Waals surface area contributed by atoms with Crippen molar-refractivity contribution in [1.82, 2.24) is 5.43 Å². The highest BCUT2D eigenvalue weighted by Gasteiger charge is 2.59. The number of carbonyl (C=O) groups is 1. The van der Waals surface area contributed by atoms with Crippen molar-refractivity contribution < 1.29 is 13.9 Å². The van der Waals surface area contributed by atoms with Crippen LogP contribution in [0.2, 0.25) is 0 Å². The minimum Gasteiger partial charge on any atom is -0.481 e. The Morgan fingerprint density at radius 1 is 1.39 bits per heavy atom. The van der Waals surface area contributed by atoms with Crippen molar-refractivity contribution in [3.05, 3.63) is 30.1 Å². The van der Waals surface area contributed by atoms with Crippen LogP contribution in [0, 0.1) is 22.6 Å². The molecule has 0 aromatic heterocycles. The maximum atomic E-state index is 13.4. The number of carbonyl (C=O) groups excluding carboxylic acids is 1. The van der Waals surface area contributed by atoms with Gasteiger partial charge in [-0.25, -0.2) is 9.82 Å². The van der Waals surface area contributed by atoms with Gasteiger partial charge in [-0.1, -0.05) is 32.9 Å². The van der Waals surface area contributed by atoms with Crippen molar-refractivity contribution in [1.29, 1.82) is 0 Å². The van der Waals surface area contributed by atoms with E-state index in [-0.39, 0.29) is 29.1 Å². The topological polar surface area (TPSA) is 50.7 Å². The zero-order valence-electron chi connectivity index (χ0n) is 13.9. The summed E-state index contributed by atoms with van der Waals surface area (Å²) in [5, 5.41) is 4.35. The lowest BCUT2D eigenvalue weighted by molar-refractivity contribution is -0.123. The third kappa shape index (κ3) is 2.62. The Balaban J connectivity index is 1.59. The first-order chi connectivity index (χ1) is 10.8. The maximum Gasteiger partial charge on any atom is 0.277 e. The Labute approximate surface area is 136 Å². The molecule has 2 saturated carbocycles. The Hall–Kier alpha value is -1.91. The predicted molar refractivity (Wildman–Crippen MR) is 86.7 cm³/mol. The molecule has 0 saturated heterocycles. The van der Waals surface area contributed by atoms with Crippen LogP contribution >= 0.6 is 0 Å². The Kier molecular flexibility index (Phi) is 3.90. The van der Waals surface area contributed by atoms with Crippen LogP contribution in [0.3, 0.4) is 0 Å². The first-order valence-electron chi connectivity index (χ1n) is 8.08. The number of rotatable bonds is 4. The molecule has 2 bridgehead atoms. The van der Waals surface area contributed by atoms with Gasteiger partial charge in [0, 0.05) is 11.1 Å². The summed E-state index contributed by atoms with van der Waals surface area (Å²) < 4.78 is 18.6. The van der Waals surface area contributed by atoms with E-state index < -0.39 is 5.82 Å². The van der Waals surface area contributed by atoms with Gasteiger partial charge in [0.05, 0.1) is 0 Å². The van der Waals surface area contributed by atoms with Crippen LogP contribution in [0.1, 0.15) is 40.0 Å². The number of para-hydroxylation sites is 1. The van der Waals surface area contributed by atoms with Gasteiger partial charge < -0.3 is 4.74 Å². The number of benzene rings is 1. The summed E-state index contributed by atoms with van der Waals surface area (Å²) in [6.07, 6.45) is 3.29. The average Bonchev–Trinajstić information content (AvgIpc) is 2.85. The van der Waals surface area contributed by atoms with E-state index >= 15 is 0 Å². The standard InChI is InChI=1S/C18H23FN2O2/c1-17(2)12-8-9-18(17,3)15(10-12)20-21-16(22)11-23-14-7-5-4-6-13(14)19/h4-7,12H,8-11H2,1-3H3,(H,21,22)/b20-15+/t12-,18+/m1/s1. The lowest BCUT2D eigenvalue weighted by Crippen LogP contribution is -2.35. The molecule has 124 valence electrons. The van der Waals surface area contributed by atoms with E-state index in [1.165, 1.54) is 18.6 Å². The van der Waals surface area contributed by atoms with Gasteiger partial charge in [-0.2, -0.15) is 5.10 Å². The Bertz CT molecular complexity index is 656. The minimum atomic E-state index is -0.478. The second kappa shape index (κ2) is 5.62. The molecule has 0 aliphatic heterocycles. The summed E-state index contributed by atoms with van der Waals surface area (Å²) in [5.74, 6) is -0.139. The van der Waals surface area contributed by atoms with Crippen molar-refractivity contribution in [2.24, 2.45) is 21.8 Å². The number of nitrogens with zero attached hydrogens (tertiary/aromatic N) is 1. The van der Waals surface area contributed by atoms with E-state index in [0.29, 0.717) is 5.92 Å². The van der Waals surface area contributed by atoms with Crippen LogP contribution in [0.15, 0.2) is 29.4 Å². The van der Waals surface area contributed by atoms with E-state index in [1.807, 2.05) is 0 Å². The Morgan fingerprint density at radius 3 is 2.74 bits per heavy atom. The van der Waals surface area contributed by atoms with E-state index in [4.69, 9.17) is 4.74 Å². The molecule has 1 aromatic rings. The van der Waals surface area contributed by atoms with Gasteiger partial charge >= 0.3 is 0 Å². The third-order valence-electron chi connectivity index (χ3n) is 6.02. The van der Waals surface area contributed by atoms with E-state index in [0.717, 1.165) is 18.6 Å². The number of amides is 1. The number of halogens is 1. The lowest BCUT2D eigenvalue weighted by atomic mass is 9.70. The van der Waals surface area contributed by atoms with Crippen LogP contribution in [0.25, 0.3) is 0 Å². The molecule has 2 aliphatic carbocycles. The van der Waals surface area contributed by atoms with Crippen molar-refractivity contribution in [3.63, 3.8) is 0 Å². The molecule has 3 rings (SSSR count). The molecule has 1 amide bonds. The highest BCUT2D eigenvalue weighted by Crippen LogP contribution is 2.63. The zero-order chi connectivity index (χ0) is 16.7. The number of hydrazone groups is 1. The van der Waals surface area contributed by atoms with Gasteiger partial charge in [0.25, 0.3) is 5.91 Å². The van der Waals surface area contributed by atoms with Gasteiger partial charge in [-0.3, -0.25) is 4.79 Å². The van der Waals surface area contributed by atoms with Crippen LogP contribution in [-0.2, 0) is 4.79 Å². The highest BCUT2D eigenvalue weighted by atomic mass is 19.1. The van der Waals surface area contributed by atoms with Crippen LogP contribution in [0.4, 0.5) is 4.39 Å². The molecule has 2 aliphatic rings. The fourth-order valence-corrected chi connectivity index (χ4v) is 3.96. The minimum absolute atomic E-state index is 0.0529. The lowest BCUT2D eigenvalue weighted by Gasteiger charge is -2.34. The van der Waals surface area contributed by atoms with Crippen LogP contribution < -0.4 is 10.2 Å². The molecule has 0 heterocycles. The highest BCUT2D eigenvalue weighted by molar-refractivity contribution is 5.95. The van der Waals surface area contributed by atoms with Gasteiger partial charge in [0.15, 0.2) is 18.2 Å². The largest absolute Gasteiger partial charge is 0.481 e. The van der Waals surface area contributed by atoms with Crippen molar-refractivity contribution in [2.75, 3.05) is 6.61 Å². The normalized spacial score (nSPS) is 29.7. The first kappa shape index (κ1) is 16.0. The molecular formula is C18H23FN2O2. The fraction of sp³-hybridized carbons (Fsp3) is 0.556. The third-order valence-corrected chi connectivity index (χ3v) is 6.02. The van der Waals surface area contributed by atoms with Crippen molar-refractivity contribution in [2.45, 2.75) is 40.0 Å². The SMILES string of the molecule is CC1(C)[C@@H]2CC[C@@]1(C)/C(=N/NC(=O)COc1ccccc1F)C2. The zero-order valence-corrected chi connectivity index (χ0v) is 13.9. The number of fused-ring (bicyclic) bond motifs is 2. The maximum absolute atomic E-state index is 13.4. The van der Waals surface area contributed by atoms with E-state index in [9.17, 15) is 9.18 Å². The molecule has 2 atom stereocenters. The molecule has 0 unspecified atom stereocenters. The number of nitrogens with one attached hydrogen (secondary N) is 1. The fourth-order valence-electron chi connectivity index (χ4n) is 3.96. The summed E-state index contributed by atoms with van der Waals surface area (Å²) in [5.41, 5.74) is 3.91. The summed E-state index contributed by atoms with van der Waals surface area (Å²) in [6, 6.07) is 6.03. The summed E-state index contributed by atoms with van der Waals surface area (Å²) in [6.45, 7) is 6.56. The molecule has 2 fully saturated rings. The molecule has 0 spiro atoms. The number of hydrogen-bond donors (Lipinski definition) is 1. The summed E-state index contributed by atoms with van der Waals surface area (Å²) in [4.78, 5) is 11.9. The summed E-state index contributed by atoms with van der Waals surface area (Å²) in [7, 11) is 0. The van der Waals surface area contributed by atoms with Gasteiger partial charge in [0.2, 0.25) is 0 Å². The van der Waals surface area contributed by atoms with E-state index in [1.54, 1.807) is 12.1 Å². The van der Waals surface area contributed by atoms with Crippen molar-refractivity contribution in [3.8, 4) is 5.75 Å². The quantitative estimate of drug-likeness (QED) is 0.864. The van der Waals surface area contributed by atoms with Gasteiger partial charge in [-0.15, -0.1) is 0 Å². The number of ether oxygens (including phenoxy) is 1. The van der Waals surface area contributed by atoms with Crippen LogP contribution in [-0.4, -0.2) is 18.2 Å². The smallest absolute Gasteiger partial charge is 0.277 e. The van der Waals surface area contributed by atoms with Crippen LogP contribution in [0.5, 0.6) is 5.75 Å². The molecule has 4 nitrogen and oxygen atoms in total. The molecule has 23 heavy (non-hydrogen) atoms. The monoisotopic (exact) mass is 318 g/mol. The molecule has 5 heteroatoms. The summed E-state index contributed by atoms with van der Waals surface area (Å²) >= 11 is 0. The predicted octanol–water partition coefficient (Wildman–Crippen LogP) is 3.52. The second-order valence-electron chi connectivity index (χ2n) is 7.31. The van der Waals surface area contributed by atoms with E-state index in [2.05, 4.69) is 31.3 Å². The molecular weight excluding hydrogens is 295 g/mol. The average molecular weight is 318 g/mol. The molecule has 1 N–H and O–H groups in total. The van der Waals surface area contributed by atoms with Crippen molar-refractivity contribution >= 4 is 11.6 Å². The van der Waals surface area contributed by atoms with Gasteiger partial charge in [0.1, 0.15) is 0 Å². The first-order valence-corrected chi connectivity index (χ1v) is 8.08.